The van der Waals surface area contributed by atoms with Crippen LogP contribution in [0.4, 0.5) is 4.39 Å². The molecule has 0 aliphatic heterocycles. The van der Waals surface area contributed by atoms with Crippen molar-refractivity contribution in [3.8, 4) is 0 Å². The van der Waals surface area contributed by atoms with Gasteiger partial charge < -0.3 is 10.2 Å². The lowest BCUT2D eigenvalue weighted by Crippen LogP contribution is -2.53. The third kappa shape index (κ3) is 4.42. The number of nitrogens with one attached hydrogen (secondary N) is 1. The van der Waals surface area contributed by atoms with E-state index in [1.54, 1.807) is 0 Å². The monoisotopic (exact) mass is 314 g/mol. The van der Waals surface area contributed by atoms with Crippen LogP contribution in [0.3, 0.4) is 0 Å². The molecule has 1 aliphatic rings. The Morgan fingerprint density at radius 1 is 1.19 bits per heavy atom. The highest BCUT2D eigenvalue weighted by molar-refractivity contribution is 5.94. The quantitative estimate of drug-likeness (QED) is 0.925. The van der Waals surface area contributed by atoms with Gasteiger partial charge in [-0.05, 0) is 51.2 Å². The molecule has 1 aromatic rings. The minimum atomic E-state index is -0.321. The standard InChI is InChI=1S/C16H23FN2O.ClH/c1-19(2)16(10-4-3-5-11-16)12-18-15(20)13-6-8-14(17)9-7-13;/h6-9H,3-5,10-12H2,1-2H3,(H,18,20);1H. The summed E-state index contributed by atoms with van der Waals surface area (Å²) in [5, 5.41) is 3.01. The molecule has 0 atom stereocenters. The molecule has 1 aliphatic carbocycles. The summed E-state index contributed by atoms with van der Waals surface area (Å²) in [6.07, 6.45) is 5.93. The van der Waals surface area contributed by atoms with Gasteiger partial charge in [-0.25, -0.2) is 4.39 Å². The highest BCUT2D eigenvalue weighted by atomic mass is 35.5. The summed E-state index contributed by atoms with van der Waals surface area (Å²) in [5.74, 6) is -0.449. The van der Waals surface area contributed by atoms with Crippen molar-refractivity contribution in [1.82, 2.24) is 10.2 Å². The van der Waals surface area contributed by atoms with Gasteiger partial charge in [-0.2, -0.15) is 0 Å². The number of carbonyl (C=O) groups is 1. The summed E-state index contributed by atoms with van der Waals surface area (Å²) in [6, 6.07) is 5.68. The Morgan fingerprint density at radius 3 is 2.29 bits per heavy atom. The predicted molar refractivity (Wildman–Crippen MR) is 85.5 cm³/mol. The number of amides is 1. The van der Waals surface area contributed by atoms with Crippen LogP contribution >= 0.6 is 12.4 Å². The predicted octanol–water partition coefficient (Wildman–Crippen LogP) is 3.24. The van der Waals surface area contributed by atoms with Crippen molar-refractivity contribution in [2.75, 3.05) is 20.6 Å². The maximum absolute atomic E-state index is 12.9. The van der Waals surface area contributed by atoms with Crippen molar-refractivity contribution in [2.45, 2.75) is 37.6 Å². The average Bonchev–Trinajstić information content (AvgIpc) is 2.46. The first-order valence-electron chi connectivity index (χ1n) is 7.25. The van der Waals surface area contributed by atoms with Gasteiger partial charge in [-0.1, -0.05) is 19.3 Å². The highest BCUT2D eigenvalue weighted by Gasteiger charge is 2.34. The van der Waals surface area contributed by atoms with Crippen molar-refractivity contribution >= 4 is 18.3 Å². The van der Waals surface area contributed by atoms with E-state index in [1.807, 2.05) is 0 Å². The molecule has 0 aromatic heterocycles. The van der Waals surface area contributed by atoms with Gasteiger partial charge >= 0.3 is 0 Å². The summed E-state index contributed by atoms with van der Waals surface area (Å²) in [5.41, 5.74) is 0.574. The third-order valence-corrected chi connectivity index (χ3v) is 4.42. The fourth-order valence-electron chi connectivity index (χ4n) is 2.94. The molecule has 0 radical (unpaired) electrons. The number of rotatable bonds is 4. The molecular formula is C16H24ClFN2O. The number of halogens is 2. The van der Waals surface area contributed by atoms with Gasteiger partial charge in [0.05, 0.1) is 0 Å². The number of benzene rings is 1. The van der Waals surface area contributed by atoms with Crippen molar-refractivity contribution in [3.63, 3.8) is 0 Å². The van der Waals surface area contributed by atoms with Crippen molar-refractivity contribution in [3.05, 3.63) is 35.6 Å². The number of carbonyl (C=O) groups excluding carboxylic acids is 1. The minimum absolute atomic E-state index is 0. The third-order valence-electron chi connectivity index (χ3n) is 4.42. The van der Waals surface area contributed by atoms with Crippen LogP contribution < -0.4 is 5.32 Å². The van der Waals surface area contributed by atoms with Gasteiger partial charge in [0, 0.05) is 17.6 Å². The Bertz CT molecular complexity index is 456. The molecule has 1 saturated carbocycles. The SMILES string of the molecule is CN(C)C1(CNC(=O)c2ccc(F)cc2)CCCCC1.Cl. The fraction of sp³-hybridized carbons (Fsp3) is 0.562. The van der Waals surface area contributed by atoms with Crippen molar-refractivity contribution in [1.29, 1.82) is 0 Å². The van der Waals surface area contributed by atoms with E-state index < -0.39 is 0 Å². The van der Waals surface area contributed by atoms with Crippen LogP contribution in [0.2, 0.25) is 0 Å². The minimum Gasteiger partial charge on any atom is -0.350 e. The van der Waals surface area contributed by atoms with Crippen LogP contribution in [0.25, 0.3) is 0 Å². The van der Waals surface area contributed by atoms with Gasteiger partial charge in [0.2, 0.25) is 0 Å². The van der Waals surface area contributed by atoms with E-state index in [0.29, 0.717) is 12.1 Å². The highest BCUT2D eigenvalue weighted by Crippen LogP contribution is 2.31. The summed E-state index contributed by atoms with van der Waals surface area (Å²) < 4.78 is 12.9. The molecule has 0 saturated heterocycles. The zero-order chi connectivity index (χ0) is 14.6. The van der Waals surface area contributed by atoms with Crippen LogP contribution in [-0.4, -0.2) is 37.0 Å². The number of hydrogen-bond acceptors (Lipinski definition) is 2. The first kappa shape index (κ1) is 17.9. The lowest BCUT2D eigenvalue weighted by Gasteiger charge is -2.43. The maximum Gasteiger partial charge on any atom is 0.251 e. The van der Waals surface area contributed by atoms with E-state index in [1.165, 1.54) is 43.5 Å². The molecule has 1 aromatic carbocycles. The first-order valence-corrected chi connectivity index (χ1v) is 7.25. The Balaban J connectivity index is 0.00000220. The second kappa shape index (κ2) is 7.76. The smallest absolute Gasteiger partial charge is 0.251 e. The molecular weight excluding hydrogens is 291 g/mol. The van der Waals surface area contributed by atoms with Crippen LogP contribution in [0, 0.1) is 5.82 Å². The average molecular weight is 315 g/mol. The van der Waals surface area contributed by atoms with E-state index in [0.717, 1.165) is 12.8 Å². The zero-order valence-electron chi connectivity index (χ0n) is 12.7. The fourth-order valence-corrected chi connectivity index (χ4v) is 2.94. The van der Waals surface area contributed by atoms with Gasteiger partial charge in [0.1, 0.15) is 5.82 Å². The molecule has 1 N–H and O–H groups in total. The molecule has 0 bridgehead atoms. The van der Waals surface area contributed by atoms with Crippen LogP contribution in [-0.2, 0) is 0 Å². The molecule has 21 heavy (non-hydrogen) atoms. The van der Waals surface area contributed by atoms with Crippen LogP contribution in [0.15, 0.2) is 24.3 Å². The summed E-state index contributed by atoms with van der Waals surface area (Å²) in [6.45, 7) is 0.649. The largest absolute Gasteiger partial charge is 0.350 e. The molecule has 1 fully saturated rings. The summed E-state index contributed by atoms with van der Waals surface area (Å²) >= 11 is 0. The molecule has 0 unspecified atom stereocenters. The maximum atomic E-state index is 12.9. The Hall–Kier alpha value is -1.13. The molecule has 2 rings (SSSR count). The molecule has 1 amide bonds. The number of likely N-dealkylation sites (N-methyl/N-ethyl adjacent to an activating group) is 1. The number of nitrogens with zero attached hydrogens (tertiary/aromatic N) is 1. The second-order valence-electron chi connectivity index (χ2n) is 5.87. The van der Waals surface area contributed by atoms with Crippen molar-refractivity contribution < 1.29 is 9.18 Å². The van der Waals surface area contributed by atoms with E-state index in [9.17, 15) is 9.18 Å². The van der Waals surface area contributed by atoms with Gasteiger partial charge in [-0.15, -0.1) is 12.4 Å². The van der Waals surface area contributed by atoms with E-state index in [-0.39, 0.29) is 29.7 Å². The normalized spacial score (nSPS) is 17.1. The van der Waals surface area contributed by atoms with Gasteiger partial charge in [0.15, 0.2) is 0 Å². The molecule has 118 valence electrons. The van der Waals surface area contributed by atoms with Crippen LogP contribution in [0.5, 0.6) is 0 Å². The second-order valence-corrected chi connectivity index (χ2v) is 5.87. The van der Waals surface area contributed by atoms with E-state index in [4.69, 9.17) is 0 Å². The Labute approximate surface area is 132 Å². The molecule has 5 heteroatoms. The topological polar surface area (TPSA) is 32.3 Å². The first-order chi connectivity index (χ1) is 9.53. The van der Waals surface area contributed by atoms with Gasteiger partial charge in [-0.3, -0.25) is 4.79 Å². The molecule has 3 nitrogen and oxygen atoms in total. The number of hydrogen-bond donors (Lipinski definition) is 1. The molecule has 0 spiro atoms. The van der Waals surface area contributed by atoms with Crippen molar-refractivity contribution in [2.24, 2.45) is 0 Å². The summed E-state index contributed by atoms with van der Waals surface area (Å²) in [4.78, 5) is 14.3. The van der Waals surface area contributed by atoms with E-state index in [2.05, 4.69) is 24.3 Å². The van der Waals surface area contributed by atoms with Crippen LogP contribution in [0.1, 0.15) is 42.5 Å². The van der Waals surface area contributed by atoms with E-state index >= 15 is 0 Å². The lowest BCUT2D eigenvalue weighted by molar-refractivity contribution is 0.0799. The van der Waals surface area contributed by atoms with Gasteiger partial charge in [0.25, 0.3) is 5.91 Å². The molecule has 0 heterocycles. The Kier molecular flexibility index (Phi) is 6.62. The lowest BCUT2D eigenvalue weighted by atomic mass is 9.80. The zero-order valence-corrected chi connectivity index (χ0v) is 13.5. The Morgan fingerprint density at radius 2 is 1.76 bits per heavy atom. The summed E-state index contributed by atoms with van der Waals surface area (Å²) in [7, 11) is 4.16.